The Hall–Kier alpha value is -1.34. The fraction of sp³-hybridized carbons (Fsp3) is 0.154. The molecule has 0 amide bonds. The van der Waals surface area contributed by atoms with Crippen LogP contribution in [0.3, 0.4) is 0 Å². The SMILES string of the molecule is CN[CH]Cc1ccc2ccccc2c1. The first-order valence-corrected chi connectivity index (χ1v) is 4.87. The molecule has 1 heteroatoms. The molecule has 0 aliphatic heterocycles. The first kappa shape index (κ1) is 9.22. The van der Waals surface area contributed by atoms with Gasteiger partial charge in [-0.3, -0.25) is 0 Å². The van der Waals surface area contributed by atoms with Gasteiger partial charge >= 0.3 is 0 Å². The van der Waals surface area contributed by atoms with Crippen LogP contribution in [0.25, 0.3) is 10.8 Å². The van der Waals surface area contributed by atoms with Gasteiger partial charge in [-0.2, -0.15) is 0 Å². The van der Waals surface area contributed by atoms with Gasteiger partial charge in [0.1, 0.15) is 0 Å². The largest absolute Gasteiger partial charge is 0.315 e. The van der Waals surface area contributed by atoms with Crippen molar-refractivity contribution in [3.05, 3.63) is 54.6 Å². The molecule has 0 heterocycles. The Labute approximate surface area is 84.8 Å². The van der Waals surface area contributed by atoms with E-state index in [1.54, 1.807) is 0 Å². The predicted octanol–water partition coefficient (Wildman–Crippen LogP) is 2.76. The van der Waals surface area contributed by atoms with Crippen LogP contribution in [-0.2, 0) is 6.42 Å². The molecule has 0 saturated carbocycles. The van der Waals surface area contributed by atoms with Gasteiger partial charge in [-0.1, -0.05) is 42.5 Å². The summed E-state index contributed by atoms with van der Waals surface area (Å²) in [4.78, 5) is 0. The van der Waals surface area contributed by atoms with Gasteiger partial charge in [0, 0.05) is 6.54 Å². The first-order valence-electron chi connectivity index (χ1n) is 4.87. The Bertz CT molecular complexity index is 420. The predicted molar refractivity (Wildman–Crippen MR) is 61.0 cm³/mol. The van der Waals surface area contributed by atoms with E-state index in [4.69, 9.17) is 0 Å². The third kappa shape index (κ3) is 1.94. The monoisotopic (exact) mass is 184 g/mol. The molecule has 2 aromatic rings. The second kappa shape index (κ2) is 4.25. The van der Waals surface area contributed by atoms with Crippen LogP contribution in [0.2, 0.25) is 0 Å². The first-order chi connectivity index (χ1) is 6.90. The van der Waals surface area contributed by atoms with Crippen molar-refractivity contribution in [2.45, 2.75) is 6.42 Å². The summed E-state index contributed by atoms with van der Waals surface area (Å²) in [5.41, 5.74) is 1.35. The molecule has 0 aliphatic carbocycles. The second-order valence-corrected chi connectivity index (χ2v) is 3.38. The lowest BCUT2D eigenvalue weighted by Crippen LogP contribution is -2.02. The fourth-order valence-corrected chi connectivity index (χ4v) is 1.59. The number of likely N-dealkylation sites (N-methyl/N-ethyl adjacent to an activating group) is 1. The van der Waals surface area contributed by atoms with E-state index in [9.17, 15) is 0 Å². The molecule has 0 spiro atoms. The molecule has 0 bridgehead atoms. The molecular weight excluding hydrogens is 170 g/mol. The molecule has 71 valence electrons. The van der Waals surface area contributed by atoms with Gasteiger partial charge in [-0.25, -0.2) is 0 Å². The van der Waals surface area contributed by atoms with Crippen molar-refractivity contribution < 1.29 is 0 Å². The van der Waals surface area contributed by atoms with E-state index < -0.39 is 0 Å². The lowest BCUT2D eigenvalue weighted by molar-refractivity contribution is 0.913. The average molecular weight is 184 g/mol. The smallest absolute Gasteiger partial charge is 0.0261 e. The standard InChI is InChI=1S/C13H14N/c1-14-9-8-11-6-7-12-4-2-3-5-13(12)10-11/h2-7,9-10,14H,8H2,1H3. The van der Waals surface area contributed by atoms with E-state index in [1.807, 2.05) is 7.05 Å². The minimum absolute atomic E-state index is 0.974. The van der Waals surface area contributed by atoms with Crippen LogP contribution in [0, 0.1) is 6.54 Å². The zero-order chi connectivity index (χ0) is 9.80. The van der Waals surface area contributed by atoms with Gasteiger partial charge in [0.2, 0.25) is 0 Å². The Morgan fingerprint density at radius 2 is 1.86 bits per heavy atom. The molecular formula is C13H14N. The molecule has 1 nitrogen and oxygen atoms in total. The summed E-state index contributed by atoms with van der Waals surface area (Å²) >= 11 is 0. The highest BCUT2D eigenvalue weighted by Crippen LogP contribution is 2.15. The topological polar surface area (TPSA) is 12.0 Å². The molecule has 0 saturated heterocycles. The fourth-order valence-electron chi connectivity index (χ4n) is 1.59. The molecule has 2 aromatic carbocycles. The normalized spacial score (nSPS) is 10.6. The summed E-state index contributed by atoms with van der Waals surface area (Å²) in [6, 6.07) is 15.0. The van der Waals surface area contributed by atoms with E-state index in [2.05, 4.69) is 54.3 Å². The summed E-state index contributed by atoms with van der Waals surface area (Å²) in [6.45, 7) is 2.06. The van der Waals surface area contributed by atoms with E-state index in [0.717, 1.165) is 6.42 Å². The zero-order valence-electron chi connectivity index (χ0n) is 8.33. The van der Waals surface area contributed by atoms with E-state index >= 15 is 0 Å². The van der Waals surface area contributed by atoms with E-state index in [-0.39, 0.29) is 0 Å². The van der Waals surface area contributed by atoms with Crippen LogP contribution >= 0.6 is 0 Å². The minimum atomic E-state index is 0.974. The van der Waals surface area contributed by atoms with Gasteiger partial charge < -0.3 is 5.32 Å². The third-order valence-electron chi connectivity index (χ3n) is 2.36. The maximum absolute atomic E-state index is 3.04. The molecule has 1 N–H and O–H groups in total. The highest BCUT2D eigenvalue weighted by molar-refractivity contribution is 5.82. The Kier molecular flexibility index (Phi) is 2.80. The van der Waals surface area contributed by atoms with E-state index in [0.29, 0.717) is 0 Å². The molecule has 0 atom stereocenters. The average Bonchev–Trinajstić information content (AvgIpc) is 2.26. The molecule has 2 rings (SSSR count). The van der Waals surface area contributed by atoms with Crippen LogP contribution < -0.4 is 5.32 Å². The van der Waals surface area contributed by atoms with Crippen LogP contribution in [0.5, 0.6) is 0 Å². The van der Waals surface area contributed by atoms with Gasteiger partial charge in [0.25, 0.3) is 0 Å². The number of benzene rings is 2. The van der Waals surface area contributed by atoms with Crippen LogP contribution in [0.4, 0.5) is 0 Å². The quantitative estimate of drug-likeness (QED) is 0.773. The minimum Gasteiger partial charge on any atom is -0.315 e. The Balaban J connectivity index is 2.32. The molecule has 1 radical (unpaired) electrons. The van der Waals surface area contributed by atoms with Crippen molar-refractivity contribution >= 4 is 10.8 Å². The van der Waals surface area contributed by atoms with Crippen molar-refractivity contribution in [3.63, 3.8) is 0 Å². The molecule has 0 aromatic heterocycles. The van der Waals surface area contributed by atoms with E-state index in [1.165, 1.54) is 16.3 Å². The molecule has 0 unspecified atom stereocenters. The summed E-state index contributed by atoms with van der Waals surface area (Å²) < 4.78 is 0. The van der Waals surface area contributed by atoms with Gasteiger partial charge in [0.05, 0.1) is 0 Å². The van der Waals surface area contributed by atoms with Crippen molar-refractivity contribution in [1.29, 1.82) is 0 Å². The molecule has 0 aliphatic rings. The number of rotatable bonds is 3. The van der Waals surface area contributed by atoms with Crippen molar-refractivity contribution in [3.8, 4) is 0 Å². The van der Waals surface area contributed by atoms with Crippen LogP contribution in [-0.4, -0.2) is 7.05 Å². The number of fused-ring (bicyclic) bond motifs is 1. The summed E-state index contributed by atoms with van der Waals surface area (Å²) in [6.07, 6.45) is 0.974. The zero-order valence-corrected chi connectivity index (χ0v) is 8.33. The number of hydrogen-bond donors (Lipinski definition) is 1. The molecule has 0 fully saturated rings. The summed E-state index contributed by atoms with van der Waals surface area (Å²) in [5.74, 6) is 0. The Morgan fingerprint density at radius 1 is 1.07 bits per heavy atom. The van der Waals surface area contributed by atoms with Crippen LogP contribution in [0.1, 0.15) is 5.56 Å². The maximum Gasteiger partial charge on any atom is 0.0261 e. The highest BCUT2D eigenvalue weighted by atomic mass is 14.8. The number of hydrogen-bond acceptors (Lipinski definition) is 1. The summed E-state index contributed by atoms with van der Waals surface area (Å²) in [5, 5.41) is 5.66. The second-order valence-electron chi connectivity index (χ2n) is 3.38. The maximum atomic E-state index is 3.04. The summed E-state index contributed by atoms with van der Waals surface area (Å²) in [7, 11) is 1.93. The van der Waals surface area contributed by atoms with Crippen molar-refractivity contribution in [1.82, 2.24) is 5.32 Å². The van der Waals surface area contributed by atoms with Crippen molar-refractivity contribution in [2.75, 3.05) is 7.05 Å². The molecule has 14 heavy (non-hydrogen) atoms. The van der Waals surface area contributed by atoms with Gasteiger partial charge in [0.15, 0.2) is 0 Å². The van der Waals surface area contributed by atoms with Crippen LogP contribution in [0.15, 0.2) is 42.5 Å². The number of nitrogens with one attached hydrogen (secondary N) is 1. The van der Waals surface area contributed by atoms with Gasteiger partial charge in [-0.05, 0) is 29.8 Å². The lowest BCUT2D eigenvalue weighted by atomic mass is 10.1. The van der Waals surface area contributed by atoms with Gasteiger partial charge in [-0.15, -0.1) is 0 Å². The Morgan fingerprint density at radius 3 is 2.64 bits per heavy atom. The highest BCUT2D eigenvalue weighted by Gasteiger charge is 1.95. The third-order valence-corrected chi connectivity index (χ3v) is 2.36. The van der Waals surface area contributed by atoms with Crippen molar-refractivity contribution in [2.24, 2.45) is 0 Å². The lowest BCUT2D eigenvalue weighted by Gasteiger charge is -2.02.